The van der Waals surface area contributed by atoms with Gasteiger partial charge in [0.15, 0.2) is 5.13 Å². The van der Waals surface area contributed by atoms with Crippen LogP contribution in [0.4, 0.5) is 5.13 Å². The van der Waals surface area contributed by atoms with Gasteiger partial charge in [0.05, 0.1) is 26.7 Å². The molecular weight excluding hydrogens is 344 g/mol. The number of aliphatic carboxylic acids is 1. The highest BCUT2D eigenvalue weighted by atomic mass is 35.5. The van der Waals surface area contributed by atoms with E-state index in [9.17, 15) is 9.59 Å². The summed E-state index contributed by atoms with van der Waals surface area (Å²) < 4.78 is 0.688. The number of anilines is 1. The van der Waals surface area contributed by atoms with Crippen molar-refractivity contribution in [2.75, 3.05) is 11.9 Å². The summed E-state index contributed by atoms with van der Waals surface area (Å²) >= 11 is 8.71. The predicted octanol–water partition coefficient (Wildman–Crippen LogP) is 3.60. The molecule has 1 N–H and O–H groups in total. The van der Waals surface area contributed by atoms with E-state index < -0.39 is 17.8 Å². The van der Waals surface area contributed by atoms with E-state index in [1.807, 2.05) is 11.4 Å². The van der Waals surface area contributed by atoms with Crippen LogP contribution in [0.25, 0.3) is 10.6 Å². The smallest absolute Gasteiger partial charge is 0.307 e. The van der Waals surface area contributed by atoms with Crippen molar-refractivity contribution in [1.29, 1.82) is 0 Å². The van der Waals surface area contributed by atoms with Gasteiger partial charge in [-0.2, -0.15) is 0 Å². The summed E-state index contributed by atoms with van der Waals surface area (Å²) in [7, 11) is 1.64. The van der Waals surface area contributed by atoms with Gasteiger partial charge in [-0.15, -0.1) is 22.7 Å². The lowest BCUT2D eigenvalue weighted by molar-refractivity contribution is -0.151. The molecule has 1 saturated carbocycles. The number of thiazole rings is 1. The van der Waals surface area contributed by atoms with Crippen molar-refractivity contribution >= 4 is 51.3 Å². The molecule has 8 heteroatoms. The fraction of sp³-hybridized carbons (Fsp3) is 0.357. The summed E-state index contributed by atoms with van der Waals surface area (Å²) in [4.78, 5) is 30.3. The lowest BCUT2D eigenvalue weighted by Gasteiger charge is -2.34. The zero-order chi connectivity index (χ0) is 15.9. The number of carboxylic acid groups (broad SMARTS) is 1. The molecule has 2 heterocycles. The van der Waals surface area contributed by atoms with Gasteiger partial charge in [-0.05, 0) is 25.0 Å². The molecule has 116 valence electrons. The Labute approximate surface area is 140 Å². The molecule has 1 aliphatic carbocycles. The molecule has 0 radical (unpaired) electrons. The second-order valence-corrected chi connectivity index (χ2v) is 7.70. The van der Waals surface area contributed by atoms with Crippen molar-refractivity contribution in [3.05, 3.63) is 21.8 Å². The Morgan fingerprint density at radius 1 is 1.36 bits per heavy atom. The fourth-order valence-electron chi connectivity index (χ4n) is 2.42. The number of amides is 1. The number of halogens is 1. The molecule has 2 atom stereocenters. The van der Waals surface area contributed by atoms with E-state index in [1.165, 1.54) is 27.6 Å². The first kappa shape index (κ1) is 15.5. The van der Waals surface area contributed by atoms with E-state index in [0.29, 0.717) is 22.3 Å². The molecular formula is C14H13ClN2O3S2. The largest absolute Gasteiger partial charge is 0.481 e. The summed E-state index contributed by atoms with van der Waals surface area (Å²) in [6, 6.07) is 3.70. The maximum absolute atomic E-state index is 12.4. The number of thiophene rings is 1. The van der Waals surface area contributed by atoms with E-state index in [0.717, 1.165) is 10.6 Å². The lowest BCUT2D eigenvalue weighted by Crippen LogP contribution is -2.44. The third kappa shape index (κ3) is 2.76. The van der Waals surface area contributed by atoms with E-state index in [2.05, 4.69) is 4.98 Å². The fourth-order valence-corrected chi connectivity index (χ4v) is 4.29. The Kier molecular flexibility index (Phi) is 4.20. The summed E-state index contributed by atoms with van der Waals surface area (Å²) in [5.41, 5.74) is 0.778. The minimum Gasteiger partial charge on any atom is -0.481 e. The van der Waals surface area contributed by atoms with E-state index in [1.54, 1.807) is 13.1 Å². The van der Waals surface area contributed by atoms with Crippen LogP contribution in [0, 0.1) is 11.8 Å². The number of hydrogen-bond acceptors (Lipinski definition) is 5. The molecule has 0 saturated heterocycles. The molecule has 2 aromatic rings. The number of aromatic nitrogens is 1. The van der Waals surface area contributed by atoms with Crippen molar-refractivity contribution in [2.24, 2.45) is 11.8 Å². The molecule has 0 aliphatic heterocycles. The minimum atomic E-state index is -0.897. The Bertz CT molecular complexity index is 727. The Balaban J connectivity index is 1.75. The third-order valence-corrected chi connectivity index (χ3v) is 6.01. The third-order valence-electron chi connectivity index (χ3n) is 3.84. The maximum atomic E-state index is 12.4. The molecule has 2 aromatic heterocycles. The topological polar surface area (TPSA) is 70.5 Å². The van der Waals surface area contributed by atoms with Gasteiger partial charge in [0.25, 0.3) is 0 Å². The average Bonchev–Trinajstić information content (AvgIpc) is 3.04. The van der Waals surface area contributed by atoms with Crippen molar-refractivity contribution in [3.8, 4) is 10.6 Å². The average molecular weight is 357 g/mol. The van der Waals surface area contributed by atoms with Gasteiger partial charge in [-0.3, -0.25) is 14.5 Å². The Morgan fingerprint density at radius 2 is 2.09 bits per heavy atom. The number of rotatable bonds is 4. The first-order valence-corrected chi connectivity index (χ1v) is 8.76. The molecule has 0 aromatic carbocycles. The number of carbonyl (C=O) groups is 2. The molecule has 0 unspecified atom stereocenters. The molecule has 0 bridgehead atoms. The molecule has 1 amide bonds. The van der Waals surface area contributed by atoms with Crippen LogP contribution in [-0.2, 0) is 9.59 Å². The quantitative estimate of drug-likeness (QED) is 0.908. The highest BCUT2D eigenvalue weighted by Crippen LogP contribution is 2.38. The van der Waals surface area contributed by atoms with Crippen LogP contribution < -0.4 is 4.90 Å². The molecule has 1 fully saturated rings. The van der Waals surface area contributed by atoms with Crippen LogP contribution in [-0.4, -0.2) is 29.0 Å². The number of carboxylic acids is 1. The Morgan fingerprint density at radius 3 is 2.64 bits per heavy atom. The number of carbonyl (C=O) groups excluding carboxylic acids is 1. The van der Waals surface area contributed by atoms with Crippen molar-refractivity contribution < 1.29 is 14.7 Å². The summed E-state index contributed by atoms with van der Waals surface area (Å²) in [6.07, 6.45) is 1.19. The van der Waals surface area contributed by atoms with Crippen LogP contribution in [0.3, 0.4) is 0 Å². The van der Waals surface area contributed by atoms with Gasteiger partial charge >= 0.3 is 5.97 Å². The van der Waals surface area contributed by atoms with Crippen LogP contribution >= 0.6 is 34.3 Å². The van der Waals surface area contributed by atoms with E-state index >= 15 is 0 Å². The monoisotopic (exact) mass is 356 g/mol. The van der Waals surface area contributed by atoms with Crippen LogP contribution in [0.2, 0.25) is 4.34 Å². The molecule has 5 nitrogen and oxygen atoms in total. The first-order chi connectivity index (χ1) is 10.5. The van der Waals surface area contributed by atoms with Crippen LogP contribution in [0.1, 0.15) is 12.8 Å². The van der Waals surface area contributed by atoms with Gasteiger partial charge < -0.3 is 5.11 Å². The zero-order valence-corrected chi connectivity index (χ0v) is 14.0. The lowest BCUT2D eigenvalue weighted by atomic mass is 9.73. The van der Waals surface area contributed by atoms with Crippen molar-refractivity contribution in [2.45, 2.75) is 12.8 Å². The number of hydrogen-bond donors (Lipinski definition) is 1. The van der Waals surface area contributed by atoms with Gasteiger partial charge in [0.1, 0.15) is 0 Å². The molecule has 3 rings (SSSR count). The highest BCUT2D eigenvalue weighted by Gasteiger charge is 2.43. The van der Waals surface area contributed by atoms with Crippen LogP contribution in [0.5, 0.6) is 0 Å². The van der Waals surface area contributed by atoms with Crippen molar-refractivity contribution in [3.63, 3.8) is 0 Å². The van der Waals surface area contributed by atoms with Crippen molar-refractivity contribution in [1.82, 2.24) is 4.98 Å². The van der Waals surface area contributed by atoms with Gasteiger partial charge in [0.2, 0.25) is 5.91 Å². The summed E-state index contributed by atoms with van der Waals surface area (Å²) in [5, 5.41) is 11.5. The molecule has 1 aliphatic rings. The first-order valence-electron chi connectivity index (χ1n) is 6.69. The second kappa shape index (κ2) is 5.98. The van der Waals surface area contributed by atoms with Crippen LogP contribution in [0.15, 0.2) is 17.5 Å². The molecule has 0 spiro atoms. The van der Waals surface area contributed by atoms with E-state index in [4.69, 9.17) is 16.7 Å². The van der Waals surface area contributed by atoms with Gasteiger partial charge in [0, 0.05) is 12.4 Å². The summed E-state index contributed by atoms with van der Waals surface area (Å²) in [5.74, 6) is -2.08. The maximum Gasteiger partial charge on any atom is 0.307 e. The summed E-state index contributed by atoms with van der Waals surface area (Å²) in [6.45, 7) is 0. The second-order valence-electron chi connectivity index (χ2n) is 5.14. The van der Waals surface area contributed by atoms with E-state index in [-0.39, 0.29) is 5.91 Å². The number of nitrogens with zero attached hydrogens (tertiary/aromatic N) is 2. The molecule has 22 heavy (non-hydrogen) atoms. The van der Waals surface area contributed by atoms with Gasteiger partial charge in [-0.25, -0.2) is 4.98 Å². The Hall–Kier alpha value is -1.44. The SMILES string of the molecule is CN(C(=O)[C@H]1CC[C@H]1C(=O)O)c1nc(-c2ccc(Cl)s2)cs1. The normalized spacial score (nSPS) is 20.5. The highest BCUT2D eigenvalue weighted by molar-refractivity contribution is 7.20. The predicted molar refractivity (Wildman–Crippen MR) is 87.7 cm³/mol. The zero-order valence-electron chi connectivity index (χ0n) is 11.7. The minimum absolute atomic E-state index is 0.177. The standard InChI is InChI=1S/C14H13ClN2O3S2/c1-17(12(18)7-2-3-8(7)13(19)20)14-16-9(6-21-14)10-4-5-11(15)22-10/h4-8H,2-3H2,1H3,(H,19,20)/t7-,8+/m0/s1. The van der Waals surface area contributed by atoms with Gasteiger partial charge in [-0.1, -0.05) is 11.6 Å².